The Morgan fingerprint density at radius 1 is 1.06 bits per heavy atom. The third kappa shape index (κ3) is 2.21. The highest BCUT2D eigenvalue weighted by atomic mass is 16.1. The van der Waals surface area contributed by atoms with Crippen molar-refractivity contribution < 1.29 is 9.59 Å². The van der Waals surface area contributed by atoms with Crippen LogP contribution in [0.4, 0.5) is 0 Å². The van der Waals surface area contributed by atoms with E-state index in [0.717, 1.165) is 5.56 Å². The molecule has 0 spiro atoms. The smallest absolute Gasteiger partial charge is 0.140 e. The second-order valence-corrected chi connectivity index (χ2v) is 4.72. The topological polar surface area (TPSA) is 34.1 Å². The second-order valence-electron chi connectivity index (χ2n) is 4.72. The predicted octanol–water partition coefficient (Wildman–Crippen LogP) is 2.71. The van der Waals surface area contributed by atoms with Crippen molar-refractivity contribution in [3.8, 4) is 0 Å². The molecule has 0 bridgehead atoms. The highest BCUT2D eigenvalue weighted by Crippen LogP contribution is 2.31. The van der Waals surface area contributed by atoms with Gasteiger partial charge in [-0.15, -0.1) is 0 Å². The van der Waals surface area contributed by atoms with Crippen molar-refractivity contribution in [3.63, 3.8) is 0 Å². The zero-order chi connectivity index (χ0) is 11.7. The molecule has 0 amide bonds. The highest BCUT2D eigenvalue weighted by Gasteiger charge is 2.27. The van der Waals surface area contributed by atoms with Crippen LogP contribution in [-0.4, -0.2) is 11.6 Å². The largest absolute Gasteiger partial charge is 0.299 e. The molecule has 0 unspecified atom stereocenters. The van der Waals surface area contributed by atoms with E-state index < -0.39 is 0 Å². The number of carbonyl (C=O) groups is 2. The van der Waals surface area contributed by atoms with E-state index in [4.69, 9.17) is 0 Å². The molecule has 0 atom stereocenters. The third-order valence-electron chi connectivity index (χ3n) is 3.21. The maximum absolute atomic E-state index is 11.4. The van der Waals surface area contributed by atoms with Crippen molar-refractivity contribution in [2.45, 2.75) is 39.0 Å². The van der Waals surface area contributed by atoms with E-state index in [1.54, 1.807) is 0 Å². The molecule has 1 saturated carbocycles. The first-order valence-electron chi connectivity index (χ1n) is 5.67. The molecule has 1 aliphatic carbocycles. The van der Waals surface area contributed by atoms with Gasteiger partial charge in [0.15, 0.2) is 0 Å². The first-order valence-corrected chi connectivity index (χ1v) is 5.67. The summed E-state index contributed by atoms with van der Waals surface area (Å²) in [7, 11) is 0. The minimum absolute atomic E-state index is 0.0845. The SMILES string of the molecule is Cc1ccc(C2CC(=O)CC(=O)C2)c(C)c1. The Hall–Kier alpha value is -1.44. The summed E-state index contributed by atoms with van der Waals surface area (Å²) in [6.45, 7) is 4.10. The lowest BCUT2D eigenvalue weighted by atomic mass is 9.81. The summed E-state index contributed by atoms with van der Waals surface area (Å²) >= 11 is 0. The van der Waals surface area contributed by atoms with Gasteiger partial charge in [-0.1, -0.05) is 23.8 Å². The van der Waals surface area contributed by atoms with Crippen molar-refractivity contribution in [2.24, 2.45) is 0 Å². The molecule has 1 aromatic carbocycles. The van der Waals surface area contributed by atoms with Gasteiger partial charge in [-0.25, -0.2) is 0 Å². The highest BCUT2D eigenvalue weighted by molar-refractivity contribution is 6.02. The number of rotatable bonds is 1. The van der Waals surface area contributed by atoms with E-state index in [9.17, 15) is 9.59 Å². The van der Waals surface area contributed by atoms with E-state index in [1.165, 1.54) is 11.1 Å². The molecule has 2 rings (SSSR count). The summed E-state index contributed by atoms with van der Waals surface area (Å²) in [6.07, 6.45) is 1.19. The van der Waals surface area contributed by atoms with Gasteiger partial charge in [0.1, 0.15) is 11.6 Å². The van der Waals surface area contributed by atoms with Crippen LogP contribution in [0.15, 0.2) is 18.2 Å². The number of benzene rings is 1. The molecule has 0 saturated heterocycles. The van der Waals surface area contributed by atoms with Crippen LogP contribution in [0.2, 0.25) is 0 Å². The number of aryl methyl sites for hydroxylation is 2. The average molecular weight is 216 g/mol. The lowest BCUT2D eigenvalue weighted by molar-refractivity contribution is -0.130. The lowest BCUT2D eigenvalue weighted by Gasteiger charge is -2.22. The van der Waals surface area contributed by atoms with Gasteiger partial charge in [-0.3, -0.25) is 9.59 Å². The molecule has 1 aliphatic rings. The Morgan fingerprint density at radius 2 is 1.69 bits per heavy atom. The number of Topliss-reactive ketones (excluding diaryl/α,β-unsaturated/α-hetero) is 2. The van der Waals surface area contributed by atoms with E-state index in [0.29, 0.717) is 12.8 Å². The molecule has 0 N–H and O–H groups in total. The summed E-state index contributed by atoms with van der Waals surface area (Å²) in [4.78, 5) is 22.8. The Balaban J connectivity index is 2.29. The molecular formula is C14H16O2. The minimum Gasteiger partial charge on any atom is -0.299 e. The first-order chi connectivity index (χ1) is 7.56. The second kappa shape index (κ2) is 4.20. The molecular weight excluding hydrogens is 200 g/mol. The summed E-state index contributed by atoms with van der Waals surface area (Å²) in [5.74, 6) is 0.275. The van der Waals surface area contributed by atoms with Crippen molar-refractivity contribution in [1.82, 2.24) is 0 Å². The van der Waals surface area contributed by atoms with Gasteiger partial charge in [0.25, 0.3) is 0 Å². The summed E-state index contributed by atoms with van der Waals surface area (Å²) < 4.78 is 0. The molecule has 2 nitrogen and oxygen atoms in total. The van der Waals surface area contributed by atoms with E-state index in [1.807, 2.05) is 19.9 Å². The van der Waals surface area contributed by atoms with Crippen LogP contribution < -0.4 is 0 Å². The van der Waals surface area contributed by atoms with Crippen LogP contribution in [0.25, 0.3) is 0 Å². The fourth-order valence-corrected chi connectivity index (χ4v) is 2.49. The maximum Gasteiger partial charge on any atom is 0.140 e. The number of hydrogen-bond donors (Lipinski definition) is 0. The summed E-state index contributed by atoms with van der Waals surface area (Å²) in [6, 6.07) is 6.21. The van der Waals surface area contributed by atoms with Gasteiger partial charge in [-0.2, -0.15) is 0 Å². The van der Waals surface area contributed by atoms with E-state index in [-0.39, 0.29) is 23.9 Å². The summed E-state index contributed by atoms with van der Waals surface area (Å²) in [5.41, 5.74) is 3.56. The Morgan fingerprint density at radius 3 is 2.25 bits per heavy atom. The van der Waals surface area contributed by atoms with Crippen molar-refractivity contribution in [1.29, 1.82) is 0 Å². The van der Waals surface area contributed by atoms with Gasteiger partial charge in [-0.05, 0) is 30.9 Å². The molecule has 1 aromatic rings. The van der Waals surface area contributed by atoms with Gasteiger partial charge in [0, 0.05) is 12.8 Å². The molecule has 16 heavy (non-hydrogen) atoms. The van der Waals surface area contributed by atoms with Crippen molar-refractivity contribution >= 4 is 11.6 Å². The van der Waals surface area contributed by atoms with Crippen LogP contribution in [0.5, 0.6) is 0 Å². The molecule has 0 aliphatic heterocycles. The number of hydrogen-bond acceptors (Lipinski definition) is 2. The lowest BCUT2D eigenvalue weighted by Crippen LogP contribution is -2.21. The quantitative estimate of drug-likeness (QED) is 0.676. The normalized spacial score (nSPS) is 17.9. The number of ketones is 2. The number of carbonyl (C=O) groups excluding carboxylic acids is 2. The van der Waals surface area contributed by atoms with E-state index >= 15 is 0 Å². The molecule has 2 heteroatoms. The Kier molecular flexibility index (Phi) is 2.90. The molecule has 84 valence electrons. The fourth-order valence-electron chi connectivity index (χ4n) is 2.49. The molecule has 0 heterocycles. The zero-order valence-electron chi connectivity index (χ0n) is 9.75. The van der Waals surface area contributed by atoms with Crippen LogP contribution >= 0.6 is 0 Å². The van der Waals surface area contributed by atoms with Crippen LogP contribution in [0.3, 0.4) is 0 Å². The van der Waals surface area contributed by atoms with Crippen molar-refractivity contribution in [3.05, 3.63) is 34.9 Å². The monoisotopic (exact) mass is 216 g/mol. The maximum atomic E-state index is 11.4. The van der Waals surface area contributed by atoms with Crippen LogP contribution in [0.1, 0.15) is 41.9 Å². The molecule has 1 fully saturated rings. The van der Waals surface area contributed by atoms with Gasteiger partial charge in [0.2, 0.25) is 0 Å². The van der Waals surface area contributed by atoms with Crippen LogP contribution in [0, 0.1) is 13.8 Å². The molecule has 0 radical (unpaired) electrons. The zero-order valence-corrected chi connectivity index (χ0v) is 9.75. The van der Waals surface area contributed by atoms with Gasteiger partial charge in [0.05, 0.1) is 6.42 Å². The Bertz CT molecular complexity index is 430. The minimum atomic E-state index is 0.0845. The summed E-state index contributed by atoms with van der Waals surface area (Å²) in [5, 5.41) is 0. The third-order valence-corrected chi connectivity index (χ3v) is 3.21. The van der Waals surface area contributed by atoms with Crippen LogP contribution in [-0.2, 0) is 9.59 Å². The van der Waals surface area contributed by atoms with Gasteiger partial charge >= 0.3 is 0 Å². The standard InChI is InChI=1S/C14H16O2/c1-9-3-4-14(10(2)5-9)11-6-12(15)8-13(16)7-11/h3-5,11H,6-8H2,1-2H3. The Labute approximate surface area is 95.7 Å². The van der Waals surface area contributed by atoms with Gasteiger partial charge < -0.3 is 0 Å². The molecule has 0 aromatic heterocycles. The first kappa shape index (κ1) is 11.1. The van der Waals surface area contributed by atoms with E-state index in [2.05, 4.69) is 12.1 Å². The predicted molar refractivity (Wildman–Crippen MR) is 62.5 cm³/mol. The van der Waals surface area contributed by atoms with Crippen molar-refractivity contribution in [2.75, 3.05) is 0 Å². The fraction of sp³-hybridized carbons (Fsp3) is 0.429. The average Bonchev–Trinajstić information content (AvgIpc) is 2.15.